The summed E-state index contributed by atoms with van der Waals surface area (Å²) in [5.41, 5.74) is -0.754. The molecule has 2 N–H and O–H groups in total. The Hall–Kier alpha value is -1.10. The lowest BCUT2D eigenvalue weighted by molar-refractivity contribution is -0.139. The molecule has 1 heterocycles. The molecule has 0 aromatic heterocycles. The summed E-state index contributed by atoms with van der Waals surface area (Å²) < 4.78 is 0. The summed E-state index contributed by atoms with van der Waals surface area (Å²) in [6.45, 7) is 6.57. The molecule has 5 nitrogen and oxygen atoms in total. The molecule has 0 aromatic carbocycles. The number of aliphatic hydroxyl groups is 1. The number of rotatable bonds is 4. The zero-order valence-corrected chi connectivity index (χ0v) is 11.5. The first-order valence-corrected chi connectivity index (χ1v) is 6.66. The molecule has 0 spiro atoms. The van der Waals surface area contributed by atoms with Gasteiger partial charge in [0.25, 0.3) is 0 Å². The monoisotopic (exact) mass is 256 g/mol. The first kappa shape index (κ1) is 15.0. The summed E-state index contributed by atoms with van der Waals surface area (Å²) in [4.78, 5) is 25.0. The Labute approximate surface area is 109 Å². The van der Waals surface area contributed by atoms with E-state index in [1.54, 1.807) is 18.7 Å². The quantitative estimate of drug-likeness (QED) is 0.770. The van der Waals surface area contributed by atoms with E-state index in [1.165, 1.54) is 0 Å². The van der Waals surface area contributed by atoms with Gasteiger partial charge in [-0.3, -0.25) is 9.59 Å². The van der Waals surface area contributed by atoms with E-state index in [9.17, 15) is 14.7 Å². The maximum Gasteiger partial charge on any atom is 0.242 e. The van der Waals surface area contributed by atoms with Crippen LogP contribution < -0.4 is 5.32 Å². The molecule has 18 heavy (non-hydrogen) atoms. The molecule has 5 heteroatoms. The van der Waals surface area contributed by atoms with Crippen molar-refractivity contribution in [1.82, 2.24) is 10.2 Å². The van der Waals surface area contributed by atoms with Crippen molar-refractivity contribution in [2.24, 2.45) is 5.92 Å². The molecule has 2 amide bonds. The Morgan fingerprint density at radius 2 is 2.11 bits per heavy atom. The summed E-state index contributed by atoms with van der Waals surface area (Å²) in [5.74, 6) is -0.353. The number of hydrogen-bond acceptors (Lipinski definition) is 3. The zero-order chi connectivity index (χ0) is 13.8. The third kappa shape index (κ3) is 3.98. The zero-order valence-electron chi connectivity index (χ0n) is 11.5. The fourth-order valence-electron chi connectivity index (χ4n) is 2.09. The average molecular weight is 256 g/mol. The van der Waals surface area contributed by atoms with Crippen molar-refractivity contribution in [2.45, 2.75) is 45.6 Å². The molecule has 1 atom stereocenters. The average Bonchev–Trinajstić information content (AvgIpc) is 2.35. The van der Waals surface area contributed by atoms with Crippen molar-refractivity contribution in [3.63, 3.8) is 0 Å². The maximum atomic E-state index is 11.9. The third-order valence-electron chi connectivity index (χ3n) is 3.50. The highest BCUT2D eigenvalue weighted by Crippen LogP contribution is 2.23. The van der Waals surface area contributed by atoms with Gasteiger partial charge in [0.15, 0.2) is 0 Å². The molecule has 1 aliphatic rings. The Kier molecular flexibility index (Phi) is 5.14. The Balaban J connectivity index is 2.44. The number of amides is 2. The number of hydrogen-bond donors (Lipinski definition) is 2. The maximum absolute atomic E-state index is 11.9. The predicted molar refractivity (Wildman–Crippen MR) is 68.9 cm³/mol. The molecule has 104 valence electrons. The lowest BCUT2D eigenvalue weighted by Gasteiger charge is -2.38. The van der Waals surface area contributed by atoms with Crippen molar-refractivity contribution in [2.75, 3.05) is 19.6 Å². The standard InChI is InChI=1S/C13H24N2O3/c1-4-13(18)6-5-7-15(9-13)11(16)8-14-12(17)10(2)3/h10,18H,4-9H2,1-3H3,(H,14,17)/t13-/m0/s1. The minimum Gasteiger partial charge on any atom is -0.388 e. The molecule has 0 saturated carbocycles. The Bertz CT molecular complexity index is 317. The first-order chi connectivity index (χ1) is 8.38. The molecule has 1 fully saturated rings. The topological polar surface area (TPSA) is 69.6 Å². The van der Waals surface area contributed by atoms with Crippen molar-refractivity contribution in [1.29, 1.82) is 0 Å². The molecule has 1 saturated heterocycles. The van der Waals surface area contributed by atoms with Gasteiger partial charge in [-0.25, -0.2) is 0 Å². The highest BCUT2D eigenvalue weighted by molar-refractivity contribution is 5.85. The fourth-order valence-corrected chi connectivity index (χ4v) is 2.09. The number of piperidine rings is 1. The second-order valence-corrected chi connectivity index (χ2v) is 5.37. The Morgan fingerprint density at radius 3 is 2.67 bits per heavy atom. The number of likely N-dealkylation sites (tertiary alicyclic amines) is 1. The number of nitrogens with one attached hydrogen (secondary N) is 1. The highest BCUT2D eigenvalue weighted by Gasteiger charge is 2.33. The summed E-state index contributed by atoms with van der Waals surface area (Å²) in [7, 11) is 0. The fraction of sp³-hybridized carbons (Fsp3) is 0.846. The van der Waals surface area contributed by atoms with Crippen LogP contribution in [0.15, 0.2) is 0 Å². The van der Waals surface area contributed by atoms with Gasteiger partial charge in [0.2, 0.25) is 11.8 Å². The molecule has 0 unspecified atom stereocenters. The lowest BCUT2D eigenvalue weighted by Crippen LogP contribution is -2.52. The van der Waals surface area contributed by atoms with E-state index in [4.69, 9.17) is 0 Å². The molecule has 0 aliphatic carbocycles. The van der Waals surface area contributed by atoms with Crippen LogP contribution in [0.5, 0.6) is 0 Å². The van der Waals surface area contributed by atoms with Gasteiger partial charge in [-0.1, -0.05) is 20.8 Å². The normalized spacial score (nSPS) is 24.2. The van der Waals surface area contributed by atoms with Gasteiger partial charge in [0.1, 0.15) is 0 Å². The van der Waals surface area contributed by atoms with Gasteiger partial charge in [0.05, 0.1) is 12.1 Å². The second-order valence-electron chi connectivity index (χ2n) is 5.37. The lowest BCUT2D eigenvalue weighted by atomic mass is 9.90. The molecule has 0 radical (unpaired) electrons. The van der Waals surface area contributed by atoms with Crippen LogP contribution >= 0.6 is 0 Å². The van der Waals surface area contributed by atoms with Gasteiger partial charge in [-0.05, 0) is 19.3 Å². The number of carbonyl (C=O) groups excluding carboxylic acids is 2. The summed E-state index contributed by atoms with van der Waals surface area (Å²) in [5, 5.41) is 12.8. The SMILES string of the molecule is CC[C@]1(O)CCCN(C(=O)CNC(=O)C(C)C)C1. The van der Waals surface area contributed by atoms with Crippen LogP contribution in [0.2, 0.25) is 0 Å². The molecule has 0 bridgehead atoms. The molecular formula is C13H24N2O3. The van der Waals surface area contributed by atoms with Gasteiger partial charge in [-0.2, -0.15) is 0 Å². The largest absolute Gasteiger partial charge is 0.388 e. The van der Waals surface area contributed by atoms with Crippen LogP contribution in [0.25, 0.3) is 0 Å². The van der Waals surface area contributed by atoms with Crippen LogP contribution in [-0.2, 0) is 9.59 Å². The van der Waals surface area contributed by atoms with E-state index in [2.05, 4.69) is 5.32 Å². The van der Waals surface area contributed by atoms with E-state index >= 15 is 0 Å². The van der Waals surface area contributed by atoms with Gasteiger partial charge in [0, 0.05) is 19.0 Å². The van der Waals surface area contributed by atoms with Gasteiger partial charge >= 0.3 is 0 Å². The van der Waals surface area contributed by atoms with E-state index in [1.807, 2.05) is 6.92 Å². The van der Waals surface area contributed by atoms with Gasteiger partial charge in [-0.15, -0.1) is 0 Å². The third-order valence-corrected chi connectivity index (χ3v) is 3.50. The minimum absolute atomic E-state index is 0.0246. The first-order valence-electron chi connectivity index (χ1n) is 6.66. The molecular weight excluding hydrogens is 232 g/mol. The van der Waals surface area contributed by atoms with Crippen molar-refractivity contribution in [3.05, 3.63) is 0 Å². The minimum atomic E-state index is -0.754. The van der Waals surface area contributed by atoms with Crippen LogP contribution in [-0.4, -0.2) is 47.1 Å². The number of β-amino-alcohol motifs (C(OH)–C–C–N with tert-alkyl or cyclic N) is 1. The second kappa shape index (κ2) is 6.18. The number of carbonyl (C=O) groups is 2. The smallest absolute Gasteiger partial charge is 0.242 e. The Morgan fingerprint density at radius 1 is 1.44 bits per heavy atom. The van der Waals surface area contributed by atoms with Crippen molar-refractivity contribution < 1.29 is 14.7 Å². The summed E-state index contributed by atoms with van der Waals surface area (Å²) in [6.07, 6.45) is 2.20. The molecule has 0 aromatic rings. The molecule has 1 rings (SSSR count). The highest BCUT2D eigenvalue weighted by atomic mass is 16.3. The number of nitrogens with zero attached hydrogens (tertiary/aromatic N) is 1. The van der Waals surface area contributed by atoms with E-state index < -0.39 is 5.60 Å². The summed E-state index contributed by atoms with van der Waals surface area (Å²) in [6, 6.07) is 0. The van der Waals surface area contributed by atoms with E-state index in [0.717, 1.165) is 12.8 Å². The van der Waals surface area contributed by atoms with Crippen LogP contribution in [0.4, 0.5) is 0 Å². The summed E-state index contributed by atoms with van der Waals surface area (Å²) >= 11 is 0. The predicted octanol–water partition coefficient (Wildman–Crippen LogP) is 0.522. The van der Waals surface area contributed by atoms with Crippen LogP contribution in [0, 0.1) is 5.92 Å². The van der Waals surface area contributed by atoms with Crippen LogP contribution in [0.1, 0.15) is 40.0 Å². The van der Waals surface area contributed by atoms with Gasteiger partial charge < -0.3 is 15.3 Å². The van der Waals surface area contributed by atoms with Crippen molar-refractivity contribution >= 4 is 11.8 Å². The van der Waals surface area contributed by atoms with E-state index in [-0.39, 0.29) is 24.3 Å². The van der Waals surface area contributed by atoms with Crippen LogP contribution in [0.3, 0.4) is 0 Å². The van der Waals surface area contributed by atoms with E-state index in [0.29, 0.717) is 19.5 Å². The molecule has 1 aliphatic heterocycles. The van der Waals surface area contributed by atoms with Crippen molar-refractivity contribution in [3.8, 4) is 0 Å².